The maximum atomic E-state index is 4.32. The molecular weight excluding hydrogens is 298 g/mol. The van der Waals surface area contributed by atoms with Gasteiger partial charge in [-0.1, -0.05) is 0 Å². The molecular formula is C12H14BrN3S. The molecule has 3 heterocycles. The Bertz CT molecular complexity index is 519. The molecule has 2 aromatic heterocycles. The van der Waals surface area contributed by atoms with Crippen LogP contribution in [0.15, 0.2) is 22.8 Å². The van der Waals surface area contributed by atoms with Crippen molar-refractivity contribution in [2.24, 2.45) is 5.92 Å². The van der Waals surface area contributed by atoms with Gasteiger partial charge in [0.2, 0.25) is 0 Å². The SMILES string of the molecule is Brc1ccc2nnc(CC3CCSCC3)n2c1. The normalized spacial score (nSPS) is 17.7. The van der Waals surface area contributed by atoms with Gasteiger partial charge in [0.1, 0.15) is 5.82 Å². The molecule has 1 aliphatic heterocycles. The molecule has 0 amide bonds. The second-order valence-corrected chi connectivity index (χ2v) is 6.59. The first-order valence-corrected chi connectivity index (χ1v) is 7.84. The van der Waals surface area contributed by atoms with Crippen LogP contribution in [0.5, 0.6) is 0 Å². The van der Waals surface area contributed by atoms with E-state index in [1.165, 1.54) is 24.3 Å². The first kappa shape index (κ1) is 11.5. The van der Waals surface area contributed by atoms with Crippen LogP contribution in [0, 0.1) is 5.92 Å². The summed E-state index contributed by atoms with van der Waals surface area (Å²) in [5.41, 5.74) is 0.938. The highest BCUT2D eigenvalue weighted by atomic mass is 79.9. The average molecular weight is 312 g/mol. The Kier molecular flexibility index (Phi) is 3.38. The van der Waals surface area contributed by atoms with Crippen LogP contribution in [0.25, 0.3) is 5.65 Å². The van der Waals surface area contributed by atoms with Crippen LogP contribution in [0.3, 0.4) is 0 Å². The van der Waals surface area contributed by atoms with Crippen LogP contribution in [0.2, 0.25) is 0 Å². The fraction of sp³-hybridized carbons (Fsp3) is 0.500. The van der Waals surface area contributed by atoms with Gasteiger partial charge in [0.05, 0.1) is 0 Å². The molecule has 3 nitrogen and oxygen atoms in total. The third-order valence-corrected chi connectivity index (χ3v) is 4.77. The molecule has 17 heavy (non-hydrogen) atoms. The highest BCUT2D eigenvalue weighted by Gasteiger charge is 2.17. The van der Waals surface area contributed by atoms with Gasteiger partial charge in [-0.25, -0.2) is 0 Å². The predicted molar refractivity (Wildman–Crippen MR) is 74.4 cm³/mol. The van der Waals surface area contributed by atoms with Gasteiger partial charge < -0.3 is 0 Å². The van der Waals surface area contributed by atoms with E-state index in [2.05, 4.69) is 48.5 Å². The maximum Gasteiger partial charge on any atom is 0.160 e. The number of nitrogens with zero attached hydrogens (tertiary/aromatic N) is 3. The molecule has 0 aliphatic carbocycles. The zero-order valence-electron chi connectivity index (χ0n) is 9.47. The molecule has 0 saturated carbocycles. The van der Waals surface area contributed by atoms with E-state index in [4.69, 9.17) is 0 Å². The lowest BCUT2D eigenvalue weighted by Gasteiger charge is -2.20. The molecule has 1 fully saturated rings. The summed E-state index contributed by atoms with van der Waals surface area (Å²) in [4.78, 5) is 0. The molecule has 0 unspecified atom stereocenters. The summed E-state index contributed by atoms with van der Waals surface area (Å²) in [6, 6.07) is 4.00. The van der Waals surface area contributed by atoms with E-state index in [-0.39, 0.29) is 0 Å². The van der Waals surface area contributed by atoms with Gasteiger partial charge >= 0.3 is 0 Å². The monoisotopic (exact) mass is 311 g/mol. The van der Waals surface area contributed by atoms with Crippen molar-refractivity contribution in [3.63, 3.8) is 0 Å². The van der Waals surface area contributed by atoms with Crippen molar-refractivity contribution < 1.29 is 0 Å². The highest BCUT2D eigenvalue weighted by molar-refractivity contribution is 9.10. The molecule has 1 aliphatic rings. The Balaban J connectivity index is 1.86. The Labute approximate surface area is 113 Å². The van der Waals surface area contributed by atoms with Crippen molar-refractivity contribution in [1.29, 1.82) is 0 Å². The number of rotatable bonds is 2. The smallest absolute Gasteiger partial charge is 0.160 e. The molecule has 0 N–H and O–H groups in total. The van der Waals surface area contributed by atoms with E-state index in [0.29, 0.717) is 0 Å². The minimum absolute atomic E-state index is 0.780. The molecule has 0 atom stereocenters. The van der Waals surface area contributed by atoms with E-state index in [1.807, 2.05) is 12.1 Å². The zero-order chi connectivity index (χ0) is 11.7. The zero-order valence-corrected chi connectivity index (χ0v) is 11.9. The van der Waals surface area contributed by atoms with Gasteiger partial charge in [-0.2, -0.15) is 11.8 Å². The second kappa shape index (κ2) is 4.98. The van der Waals surface area contributed by atoms with Crippen molar-refractivity contribution in [2.45, 2.75) is 19.3 Å². The first-order chi connectivity index (χ1) is 8.33. The lowest BCUT2D eigenvalue weighted by molar-refractivity contribution is 0.474. The summed E-state index contributed by atoms with van der Waals surface area (Å²) < 4.78 is 3.18. The number of fused-ring (bicyclic) bond motifs is 1. The fourth-order valence-electron chi connectivity index (χ4n) is 2.26. The third-order valence-electron chi connectivity index (χ3n) is 3.25. The summed E-state index contributed by atoms with van der Waals surface area (Å²) in [6.07, 6.45) is 5.74. The second-order valence-electron chi connectivity index (χ2n) is 4.45. The van der Waals surface area contributed by atoms with Crippen LogP contribution in [-0.2, 0) is 6.42 Å². The molecule has 1 saturated heterocycles. The standard InChI is InChI=1S/C12H14BrN3S/c13-10-1-2-11-14-15-12(16(11)8-10)7-9-3-5-17-6-4-9/h1-2,8-9H,3-7H2. The molecule has 3 rings (SSSR count). The lowest BCUT2D eigenvalue weighted by atomic mass is 9.98. The Morgan fingerprint density at radius 3 is 2.94 bits per heavy atom. The average Bonchev–Trinajstić information content (AvgIpc) is 2.73. The van der Waals surface area contributed by atoms with Crippen LogP contribution in [-0.4, -0.2) is 26.1 Å². The third kappa shape index (κ3) is 2.50. The molecule has 0 spiro atoms. The number of aromatic nitrogens is 3. The Morgan fingerprint density at radius 1 is 1.29 bits per heavy atom. The van der Waals surface area contributed by atoms with Gasteiger partial charge in [0.15, 0.2) is 5.65 Å². The van der Waals surface area contributed by atoms with Gasteiger partial charge in [-0.05, 0) is 58.3 Å². The minimum atomic E-state index is 0.780. The van der Waals surface area contributed by atoms with E-state index < -0.39 is 0 Å². The molecule has 5 heteroatoms. The van der Waals surface area contributed by atoms with Crippen molar-refractivity contribution >= 4 is 33.3 Å². The molecule has 90 valence electrons. The minimum Gasteiger partial charge on any atom is -0.285 e. The maximum absolute atomic E-state index is 4.32. The van der Waals surface area contributed by atoms with Crippen molar-refractivity contribution in [1.82, 2.24) is 14.6 Å². The Hall–Kier alpha value is -0.550. The topological polar surface area (TPSA) is 30.2 Å². The largest absolute Gasteiger partial charge is 0.285 e. The number of halogens is 1. The van der Waals surface area contributed by atoms with Crippen molar-refractivity contribution in [3.05, 3.63) is 28.6 Å². The van der Waals surface area contributed by atoms with Crippen LogP contribution in [0.1, 0.15) is 18.7 Å². The van der Waals surface area contributed by atoms with E-state index in [1.54, 1.807) is 0 Å². The van der Waals surface area contributed by atoms with E-state index >= 15 is 0 Å². The first-order valence-electron chi connectivity index (χ1n) is 5.90. The van der Waals surface area contributed by atoms with Crippen LogP contribution < -0.4 is 0 Å². The lowest BCUT2D eigenvalue weighted by Crippen LogP contribution is -2.13. The van der Waals surface area contributed by atoms with Gasteiger partial charge in [-0.15, -0.1) is 10.2 Å². The van der Waals surface area contributed by atoms with Crippen molar-refractivity contribution in [2.75, 3.05) is 11.5 Å². The van der Waals surface area contributed by atoms with Crippen LogP contribution in [0.4, 0.5) is 0 Å². The fourth-order valence-corrected chi connectivity index (χ4v) is 3.80. The number of hydrogen-bond donors (Lipinski definition) is 0. The van der Waals surface area contributed by atoms with Crippen LogP contribution >= 0.6 is 27.7 Å². The van der Waals surface area contributed by atoms with Gasteiger partial charge in [-0.3, -0.25) is 4.40 Å². The van der Waals surface area contributed by atoms with Gasteiger partial charge in [0.25, 0.3) is 0 Å². The number of hydrogen-bond acceptors (Lipinski definition) is 3. The number of thioether (sulfide) groups is 1. The molecule has 2 aromatic rings. The van der Waals surface area contributed by atoms with Crippen molar-refractivity contribution in [3.8, 4) is 0 Å². The van der Waals surface area contributed by atoms with E-state index in [9.17, 15) is 0 Å². The summed E-state index contributed by atoms with van der Waals surface area (Å²) in [6.45, 7) is 0. The quantitative estimate of drug-likeness (QED) is 0.853. The highest BCUT2D eigenvalue weighted by Crippen LogP contribution is 2.25. The summed E-state index contributed by atoms with van der Waals surface area (Å²) in [5, 5.41) is 8.53. The van der Waals surface area contributed by atoms with E-state index in [0.717, 1.165) is 28.3 Å². The number of pyridine rings is 1. The predicted octanol–water partition coefficient (Wildman–Crippen LogP) is 3.18. The summed E-state index contributed by atoms with van der Waals surface area (Å²) in [5.74, 6) is 4.47. The summed E-state index contributed by atoms with van der Waals surface area (Å²) >= 11 is 5.56. The Morgan fingerprint density at radius 2 is 2.12 bits per heavy atom. The summed E-state index contributed by atoms with van der Waals surface area (Å²) in [7, 11) is 0. The molecule has 0 aromatic carbocycles. The van der Waals surface area contributed by atoms with Gasteiger partial charge in [0, 0.05) is 17.1 Å². The molecule has 0 radical (unpaired) electrons. The molecule has 0 bridgehead atoms.